The fourth-order valence-corrected chi connectivity index (χ4v) is 1.03. The maximum Gasteiger partial charge on any atom is 0.156 e. The molecule has 1 aromatic carbocycles. The Bertz CT molecular complexity index is 289. The van der Waals surface area contributed by atoms with Crippen LogP contribution in [-0.4, -0.2) is 27.7 Å². The molecule has 0 aliphatic carbocycles. The number of hydrogen-bond donors (Lipinski definition) is 4. The fraction of sp³-hybridized carbons (Fsp3) is 0.500. The van der Waals surface area contributed by atoms with Gasteiger partial charge in [-0.3, -0.25) is 0 Å². The van der Waals surface area contributed by atoms with E-state index in [0.717, 1.165) is 24.1 Å². The number of para-hydroxylation sites is 1. The van der Waals surface area contributed by atoms with Crippen LogP contribution in [0.3, 0.4) is 0 Å². The topological polar surface area (TPSA) is 86.7 Å². The summed E-state index contributed by atoms with van der Waals surface area (Å²) in [4.78, 5) is 0. The van der Waals surface area contributed by atoms with E-state index >= 15 is 0 Å². The van der Waals surface area contributed by atoms with Gasteiger partial charge >= 0.3 is 0 Å². The van der Waals surface area contributed by atoms with Gasteiger partial charge in [0.1, 0.15) is 0 Å². The van der Waals surface area contributed by atoms with Crippen molar-refractivity contribution in [3.8, 4) is 0 Å². The number of benzene rings is 1. The Morgan fingerprint density at radius 1 is 1.19 bits per heavy atom. The first-order chi connectivity index (χ1) is 7.34. The summed E-state index contributed by atoms with van der Waals surface area (Å²) in [5, 5.41) is 24.7. The van der Waals surface area contributed by atoms with Gasteiger partial charge in [0, 0.05) is 12.3 Å². The standard InChI is InChI=1S/C9H13NO.C3H8O2/c10-9-6-2-1-4-8(9)5-3-7-11;1-3(2,4)5/h1-2,4,6,11H,3,5,7,10H2;4-5H,1-2H3. The number of aliphatic hydroxyl groups is 3. The molecule has 0 aliphatic rings. The van der Waals surface area contributed by atoms with Gasteiger partial charge in [0.15, 0.2) is 5.79 Å². The monoisotopic (exact) mass is 227 g/mol. The van der Waals surface area contributed by atoms with Gasteiger partial charge in [0.2, 0.25) is 0 Å². The zero-order chi connectivity index (χ0) is 12.6. The smallest absolute Gasteiger partial charge is 0.156 e. The second-order valence-corrected chi connectivity index (χ2v) is 4.02. The predicted octanol–water partition coefficient (Wildman–Crippen LogP) is 0.901. The first-order valence-corrected chi connectivity index (χ1v) is 5.23. The van der Waals surface area contributed by atoms with E-state index in [-0.39, 0.29) is 6.61 Å². The maximum absolute atomic E-state index is 8.58. The molecule has 0 aromatic heterocycles. The van der Waals surface area contributed by atoms with E-state index in [9.17, 15) is 0 Å². The lowest BCUT2D eigenvalue weighted by molar-refractivity contribution is -0.127. The minimum Gasteiger partial charge on any atom is -0.399 e. The largest absolute Gasteiger partial charge is 0.399 e. The van der Waals surface area contributed by atoms with E-state index in [0.29, 0.717) is 0 Å². The molecule has 0 amide bonds. The average Bonchev–Trinajstić information content (AvgIpc) is 2.14. The third-order valence-corrected chi connectivity index (χ3v) is 1.66. The highest BCUT2D eigenvalue weighted by Gasteiger charge is 2.00. The van der Waals surface area contributed by atoms with E-state index in [2.05, 4.69) is 0 Å². The Morgan fingerprint density at radius 3 is 2.12 bits per heavy atom. The van der Waals surface area contributed by atoms with E-state index in [1.807, 2.05) is 24.3 Å². The summed E-state index contributed by atoms with van der Waals surface area (Å²) in [5.41, 5.74) is 7.63. The zero-order valence-electron chi connectivity index (χ0n) is 9.85. The molecular formula is C12H21NO3. The molecule has 0 bridgehead atoms. The number of aryl methyl sites for hydroxylation is 1. The molecule has 0 atom stereocenters. The normalized spacial score (nSPS) is 10.6. The third-order valence-electron chi connectivity index (χ3n) is 1.66. The van der Waals surface area contributed by atoms with Crippen LogP contribution < -0.4 is 5.73 Å². The lowest BCUT2D eigenvalue weighted by Gasteiger charge is -2.03. The molecule has 5 N–H and O–H groups in total. The van der Waals surface area contributed by atoms with Crippen molar-refractivity contribution in [1.29, 1.82) is 0 Å². The summed E-state index contributed by atoms with van der Waals surface area (Å²) in [7, 11) is 0. The molecule has 4 heteroatoms. The van der Waals surface area contributed by atoms with E-state index in [4.69, 9.17) is 21.1 Å². The summed E-state index contributed by atoms with van der Waals surface area (Å²) in [6.45, 7) is 2.83. The van der Waals surface area contributed by atoms with Gasteiger partial charge < -0.3 is 21.1 Å². The van der Waals surface area contributed by atoms with Crippen LogP contribution in [0.5, 0.6) is 0 Å². The Kier molecular flexibility index (Phi) is 6.72. The SMILES string of the molecule is CC(C)(O)O.Nc1ccccc1CCCO. The number of anilines is 1. The van der Waals surface area contributed by atoms with Crippen molar-refractivity contribution in [2.24, 2.45) is 0 Å². The Morgan fingerprint density at radius 2 is 1.69 bits per heavy atom. The van der Waals surface area contributed by atoms with Gasteiger partial charge in [-0.2, -0.15) is 0 Å². The van der Waals surface area contributed by atoms with Crippen molar-refractivity contribution < 1.29 is 15.3 Å². The first-order valence-electron chi connectivity index (χ1n) is 5.23. The van der Waals surface area contributed by atoms with Crippen molar-refractivity contribution in [1.82, 2.24) is 0 Å². The number of aliphatic hydroxyl groups excluding tert-OH is 1. The minimum absolute atomic E-state index is 0.230. The van der Waals surface area contributed by atoms with Gasteiger partial charge in [-0.05, 0) is 38.3 Å². The van der Waals surface area contributed by atoms with Crippen LogP contribution in [0.25, 0.3) is 0 Å². The molecule has 92 valence electrons. The average molecular weight is 227 g/mol. The number of rotatable bonds is 3. The summed E-state index contributed by atoms with van der Waals surface area (Å²) in [5.74, 6) is -1.50. The van der Waals surface area contributed by atoms with Crippen LogP contribution in [0.1, 0.15) is 25.8 Å². The number of hydrogen-bond acceptors (Lipinski definition) is 4. The Balaban J connectivity index is 0.000000385. The van der Waals surface area contributed by atoms with Gasteiger partial charge in [-0.25, -0.2) is 0 Å². The van der Waals surface area contributed by atoms with Crippen molar-refractivity contribution >= 4 is 5.69 Å². The molecule has 0 fully saturated rings. The third kappa shape index (κ3) is 9.45. The summed E-state index contributed by atoms with van der Waals surface area (Å²) >= 11 is 0. The highest BCUT2D eigenvalue weighted by molar-refractivity contribution is 5.46. The Labute approximate surface area is 96.3 Å². The fourth-order valence-electron chi connectivity index (χ4n) is 1.03. The lowest BCUT2D eigenvalue weighted by atomic mass is 10.1. The molecule has 0 unspecified atom stereocenters. The van der Waals surface area contributed by atoms with E-state index in [1.54, 1.807) is 0 Å². The second kappa shape index (κ2) is 7.22. The highest BCUT2D eigenvalue weighted by Crippen LogP contribution is 2.11. The summed E-state index contributed by atoms with van der Waals surface area (Å²) in [6.07, 6.45) is 1.65. The molecule has 16 heavy (non-hydrogen) atoms. The second-order valence-electron chi connectivity index (χ2n) is 4.02. The van der Waals surface area contributed by atoms with E-state index in [1.165, 1.54) is 13.8 Å². The molecular weight excluding hydrogens is 206 g/mol. The van der Waals surface area contributed by atoms with Gasteiger partial charge in [-0.15, -0.1) is 0 Å². The number of nitrogens with two attached hydrogens (primary N) is 1. The summed E-state index contributed by atoms with van der Waals surface area (Å²) < 4.78 is 0. The molecule has 0 heterocycles. The van der Waals surface area contributed by atoms with Gasteiger partial charge in [-0.1, -0.05) is 18.2 Å². The summed E-state index contributed by atoms with van der Waals surface area (Å²) in [6, 6.07) is 7.75. The number of nitrogen functional groups attached to an aromatic ring is 1. The molecule has 0 spiro atoms. The van der Waals surface area contributed by atoms with Crippen molar-refractivity contribution in [3.63, 3.8) is 0 Å². The van der Waals surface area contributed by atoms with Gasteiger partial charge in [0.25, 0.3) is 0 Å². The van der Waals surface area contributed by atoms with Crippen LogP contribution in [0, 0.1) is 0 Å². The van der Waals surface area contributed by atoms with Crippen LogP contribution in [-0.2, 0) is 6.42 Å². The minimum atomic E-state index is -1.50. The maximum atomic E-state index is 8.58. The van der Waals surface area contributed by atoms with Crippen molar-refractivity contribution in [2.45, 2.75) is 32.5 Å². The van der Waals surface area contributed by atoms with Crippen LogP contribution in [0.4, 0.5) is 5.69 Å². The van der Waals surface area contributed by atoms with Crippen molar-refractivity contribution in [2.75, 3.05) is 12.3 Å². The molecule has 0 aliphatic heterocycles. The first kappa shape index (κ1) is 14.9. The van der Waals surface area contributed by atoms with Crippen LogP contribution >= 0.6 is 0 Å². The van der Waals surface area contributed by atoms with E-state index < -0.39 is 5.79 Å². The molecule has 0 radical (unpaired) electrons. The highest BCUT2D eigenvalue weighted by atomic mass is 16.5. The molecule has 1 rings (SSSR count). The lowest BCUT2D eigenvalue weighted by Crippen LogP contribution is -2.15. The quantitative estimate of drug-likeness (QED) is 0.456. The van der Waals surface area contributed by atoms with Crippen LogP contribution in [0.15, 0.2) is 24.3 Å². The molecule has 1 aromatic rings. The Hall–Kier alpha value is -1.10. The molecule has 0 saturated carbocycles. The van der Waals surface area contributed by atoms with Crippen molar-refractivity contribution in [3.05, 3.63) is 29.8 Å². The van der Waals surface area contributed by atoms with Gasteiger partial charge in [0.05, 0.1) is 0 Å². The predicted molar refractivity (Wildman–Crippen MR) is 64.8 cm³/mol. The zero-order valence-corrected chi connectivity index (χ0v) is 9.85. The molecule has 0 saturated heterocycles. The molecule has 4 nitrogen and oxygen atoms in total. The van der Waals surface area contributed by atoms with Crippen LogP contribution in [0.2, 0.25) is 0 Å².